The summed E-state index contributed by atoms with van der Waals surface area (Å²) >= 11 is 0. The van der Waals surface area contributed by atoms with Crippen molar-refractivity contribution in [2.24, 2.45) is 5.73 Å². The van der Waals surface area contributed by atoms with Crippen molar-refractivity contribution in [3.63, 3.8) is 0 Å². The number of nitrogens with two attached hydrogens (primary N) is 1. The molecule has 82 valence electrons. The Morgan fingerprint density at radius 2 is 2.20 bits per heavy atom. The van der Waals surface area contributed by atoms with Gasteiger partial charge in [0.2, 0.25) is 0 Å². The Morgan fingerprint density at radius 3 is 2.87 bits per heavy atom. The minimum absolute atomic E-state index is 0. The monoisotopic (exact) mass is 228 g/mol. The van der Waals surface area contributed by atoms with Crippen LogP contribution in [0, 0.1) is 5.82 Å². The molecular formula is C11H14ClFN2. The van der Waals surface area contributed by atoms with Gasteiger partial charge >= 0.3 is 0 Å². The Labute approximate surface area is 94.1 Å². The van der Waals surface area contributed by atoms with Crippen LogP contribution >= 0.6 is 12.4 Å². The van der Waals surface area contributed by atoms with Crippen molar-refractivity contribution in [3.05, 3.63) is 35.8 Å². The summed E-state index contributed by atoms with van der Waals surface area (Å²) < 4.78 is 13.2. The van der Waals surface area contributed by atoms with Crippen LogP contribution < -0.4 is 5.73 Å². The molecule has 0 aliphatic heterocycles. The second-order valence-corrected chi connectivity index (χ2v) is 3.69. The van der Waals surface area contributed by atoms with Gasteiger partial charge in [-0.3, -0.25) is 0 Å². The van der Waals surface area contributed by atoms with Crippen LogP contribution in [0.15, 0.2) is 24.4 Å². The van der Waals surface area contributed by atoms with Crippen LogP contribution in [-0.4, -0.2) is 11.0 Å². The Kier molecular flexibility index (Phi) is 3.72. The number of hydrogen-bond donors (Lipinski definition) is 2. The van der Waals surface area contributed by atoms with Crippen molar-refractivity contribution < 1.29 is 4.39 Å². The summed E-state index contributed by atoms with van der Waals surface area (Å²) in [5.41, 5.74) is 7.63. The molecule has 15 heavy (non-hydrogen) atoms. The van der Waals surface area contributed by atoms with Gasteiger partial charge in [0.15, 0.2) is 0 Å². The summed E-state index contributed by atoms with van der Waals surface area (Å²) in [6.07, 6.45) is 2.50. The zero-order chi connectivity index (χ0) is 10.1. The van der Waals surface area contributed by atoms with Crippen molar-refractivity contribution in [1.29, 1.82) is 0 Å². The van der Waals surface area contributed by atoms with Crippen LogP contribution in [0.1, 0.15) is 12.5 Å². The van der Waals surface area contributed by atoms with Crippen LogP contribution in [0.3, 0.4) is 0 Å². The van der Waals surface area contributed by atoms with Crippen LogP contribution in [0.4, 0.5) is 4.39 Å². The molecule has 0 radical (unpaired) electrons. The highest BCUT2D eigenvalue weighted by Gasteiger charge is 2.06. The SMILES string of the molecule is CC(N)Cc1cc(F)cc2cc[nH]c12.Cl. The van der Waals surface area contributed by atoms with E-state index in [0.29, 0.717) is 6.42 Å². The Balaban J connectivity index is 0.00000112. The molecule has 0 saturated heterocycles. The van der Waals surface area contributed by atoms with Crippen molar-refractivity contribution in [2.45, 2.75) is 19.4 Å². The number of H-pyrrole nitrogens is 1. The van der Waals surface area contributed by atoms with Crippen molar-refractivity contribution in [3.8, 4) is 0 Å². The lowest BCUT2D eigenvalue weighted by atomic mass is 10.0. The normalized spacial score (nSPS) is 12.5. The van der Waals surface area contributed by atoms with Crippen LogP contribution in [0.25, 0.3) is 10.9 Å². The van der Waals surface area contributed by atoms with E-state index < -0.39 is 0 Å². The molecule has 0 amide bonds. The van der Waals surface area contributed by atoms with Crippen molar-refractivity contribution in [2.75, 3.05) is 0 Å². The molecule has 2 aromatic rings. The van der Waals surface area contributed by atoms with Gasteiger partial charge in [-0.15, -0.1) is 12.4 Å². The summed E-state index contributed by atoms with van der Waals surface area (Å²) in [7, 11) is 0. The lowest BCUT2D eigenvalue weighted by Crippen LogP contribution is -2.18. The molecule has 2 nitrogen and oxygen atoms in total. The number of benzene rings is 1. The van der Waals surface area contributed by atoms with E-state index >= 15 is 0 Å². The summed E-state index contributed by atoms with van der Waals surface area (Å²) in [6, 6.07) is 4.98. The average Bonchev–Trinajstić information content (AvgIpc) is 2.50. The van der Waals surface area contributed by atoms with E-state index in [4.69, 9.17) is 5.73 Å². The van der Waals surface area contributed by atoms with Gasteiger partial charge < -0.3 is 10.7 Å². The molecule has 1 aromatic heterocycles. The largest absolute Gasteiger partial charge is 0.361 e. The Hall–Kier alpha value is -1.06. The van der Waals surface area contributed by atoms with Gasteiger partial charge in [0.1, 0.15) is 5.82 Å². The first-order valence-electron chi connectivity index (χ1n) is 4.68. The summed E-state index contributed by atoms with van der Waals surface area (Å²) in [4.78, 5) is 3.10. The minimum Gasteiger partial charge on any atom is -0.361 e. The van der Waals surface area contributed by atoms with Crippen molar-refractivity contribution in [1.82, 2.24) is 4.98 Å². The van der Waals surface area contributed by atoms with Gasteiger partial charge in [-0.1, -0.05) is 0 Å². The quantitative estimate of drug-likeness (QED) is 0.815. The second kappa shape index (κ2) is 4.64. The molecule has 0 aliphatic rings. The third kappa shape index (κ3) is 2.49. The molecule has 1 heterocycles. The molecule has 0 fully saturated rings. The number of nitrogens with one attached hydrogen (secondary N) is 1. The molecule has 2 rings (SSSR count). The molecule has 3 N–H and O–H groups in total. The highest BCUT2D eigenvalue weighted by Crippen LogP contribution is 2.20. The molecule has 1 atom stereocenters. The predicted octanol–water partition coefficient (Wildman–Crippen LogP) is 2.62. The maximum atomic E-state index is 13.2. The average molecular weight is 229 g/mol. The van der Waals surface area contributed by atoms with Crippen LogP contribution in [0.2, 0.25) is 0 Å². The number of halogens is 2. The first-order chi connectivity index (χ1) is 6.66. The van der Waals surface area contributed by atoms with Crippen molar-refractivity contribution >= 4 is 23.3 Å². The van der Waals surface area contributed by atoms with Gasteiger partial charge in [-0.2, -0.15) is 0 Å². The standard InChI is InChI=1S/C11H13FN2.ClH/c1-7(13)4-9-6-10(12)5-8-2-3-14-11(8)9;/h2-3,5-7,14H,4,13H2,1H3;1H. The topological polar surface area (TPSA) is 41.8 Å². The fourth-order valence-electron chi connectivity index (χ4n) is 1.72. The van der Waals surface area contributed by atoms with E-state index in [0.717, 1.165) is 16.5 Å². The third-order valence-corrected chi connectivity index (χ3v) is 2.25. The van der Waals surface area contributed by atoms with Crippen LogP contribution in [0.5, 0.6) is 0 Å². The predicted molar refractivity (Wildman–Crippen MR) is 62.9 cm³/mol. The van der Waals surface area contributed by atoms with Gasteiger partial charge in [0.25, 0.3) is 0 Å². The molecule has 4 heteroatoms. The lowest BCUT2D eigenvalue weighted by Gasteiger charge is -2.06. The number of hydrogen-bond acceptors (Lipinski definition) is 1. The highest BCUT2D eigenvalue weighted by molar-refractivity contribution is 5.85. The molecule has 0 saturated carbocycles. The van der Waals surface area contributed by atoms with Gasteiger partial charge in [0, 0.05) is 23.1 Å². The van der Waals surface area contributed by atoms with Gasteiger partial charge in [-0.05, 0) is 37.1 Å². The first kappa shape index (κ1) is 12.0. The summed E-state index contributed by atoms with van der Waals surface area (Å²) in [5, 5.41) is 0.903. The van der Waals surface area contributed by atoms with E-state index in [-0.39, 0.29) is 24.3 Å². The highest BCUT2D eigenvalue weighted by atomic mass is 35.5. The number of rotatable bonds is 2. The fourth-order valence-corrected chi connectivity index (χ4v) is 1.72. The van der Waals surface area contributed by atoms with E-state index in [2.05, 4.69) is 4.98 Å². The van der Waals surface area contributed by atoms with E-state index in [1.54, 1.807) is 6.07 Å². The number of fused-ring (bicyclic) bond motifs is 1. The molecule has 1 unspecified atom stereocenters. The lowest BCUT2D eigenvalue weighted by molar-refractivity contribution is 0.625. The molecule has 0 spiro atoms. The third-order valence-electron chi connectivity index (χ3n) is 2.25. The first-order valence-corrected chi connectivity index (χ1v) is 4.68. The maximum Gasteiger partial charge on any atom is 0.124 e. The molecule has 1 aromatic carbocycles. The van der Waals surface area contributed by atoms with Crippen LogP contribution in [-0.2, 0) is 6.42 Å². The minimum atomic E-state index is -0.201. The zero-order valence-electron chi connectivity index (χ0n) is 8.46. The Morgan fingerprint density at radius 1 is 1.47 bits per heavy atom. The smallest absolute Gasteiger partial charge is 0.124 e. The molecule has 0 bridgehead atoms. The van der Waals surface area contributed by atoms with Gasteiger partial charge in [0.05, 0.1) is 0 Å². The number of aromatic amines is 1. The summed E-state index contributed by atoms with van der Waals surface area (Å²) in [5.74, 6) is -0.201. The van der Waals surface area contributed by atoms with E-state index in [1.807, 2.05) is 19.2 Å². The number of aromatic nitrogens is 1. The summed E-state index contributed by atoms with van der Waals surface area (Å²) in [6.45, 7) is 1.92. The second-order valence-electron chi connectivity index (χ2n) is 3.69. The van der Waals surface area contributed by atoms with E-state index in [1.165, 1.54) is 6.07 Å². The van der Waals surface area contributed by atoms with Gasteiger partial charge in [-0.25, -0.2) is 4.39 Å². The fraction of sp³-hybridized carbons (Fsp3) is 0.273. The maximum absolute atomic E-state index is 13.2. The van der Waals surface area contributed by atoms with E-state index in [9.17, 15) is 4.39 Å². The zero-order valence-corrected chi connectivity index (χ0v) is 9.27. The molecular weight excluding hydrogens is 215 g/mol. The molecule has 0 aliphatic carbocycles. The Bertz CT molecular complexity index is 451.